The maximum atomic E-state index is 5.87. The van der Waals surface area contributed by atoms with Gasteiger partial charge in [0, 0.05) is 5.92 Å². The summed E-state index contributed by atoms with van der Waals surface area (Å²) >= 11 is 0. The Morgan fingerprint density at radius 2 is 1.86 bits per heavy atom. The number of fused-ring (bicyclic) bond motifs is 2. The molecule has 0 heterocycles. The van der Waals surface area contributed by atoms with Gasteiger partial charge in [-0.05, 0) is 29.0 Å². The summed E-state index contributed by atoms with van der Waals surface area (Å²) in [7, 11) is 0. The maximum absolute atomic E-state index is 5.87. The van der Waals surface area contributed by atoms with E-state index in [0.717, 1.165) is 6.54 Å². The highest BCUT2D eigenvalue weighted by atomic mass is 14.6. The first-order valence-electron chi connectivity index (χ1n) is 5.34. The molecule has 2 atom stereocenters. The second kappa shape index (κ2) is 3.09. The fourth-order valence-electron chi connectivity index (χ4n) is 2.78. The fraction of sp³-hybridized carbons (Fsp3) is 0.538. The minimum absolute atomic E-state index is 0.306. The first kappa shape index (κ1) is 9.72. The lowest BCUT2D eigenvalue weighted by molar-refractivity contribution is 0.290. The van der Waals surface area contributed by atoms with Crippen LogP contribution in [0.15, 0.2) is 24.3 Å². The van der Waals surface area contributed by atoms with E-state index in [-0.39, 0.29) is 0 Å². The van der Waals surface area contributed by atoms with Crippen molar-refractivity contribution in [3.05, 3.63) is 35.4 Å². The molecule has 0 amide bonds. The van der Waals surface area contributed by atoms with Crippen LogP contribution in [0.25, 0.3) is 0 Å². The number of rotatable bonds is 1. The lowest BCUT2D eigenvalue weighted by atomic mass is 9.72. The number of hydrogen-bond acceptors (Lipinski definition) is 1. The molecule has 1 aliphatic rings. The molecular weight excluding hydrogens is 170 g/mol. The highest BCUT2D eigenvalue weighted by Crippen LogP contribution is 2.49. The molecule has 2 N–H and O–H groups in total. The van der Waals surface area contributed by atoms with Gasteiger partial charge >= 0.3 is 0 Å². The molecule has 0 radical (unpaired) electrons. The number of nitrogens with two attached hydrogens (primary N) is 1. The van der Waals surface area contributed by atoms with Gasteiger partial charge in [0.1, 0.15) is 0 Å². The van der Waals surface area contributed by atoms with Crippen LogP contribution >= 0.6 is 0 Å². The van der Waals surface area contributed by atoms with Crippen molar-refractivity contribution in [2.45, 2.75) is 32.6 Å². The second-order valence-electron chi connectivity index (χ2n) is 5.36. The van der Waals surface area contributed by atoms with E-state index in [4.69, 9.17) is 5.73 Å². The Balaban J connectivity index is 2.43. The third-order valence-corrected chi connectivity index (χ3v) is 3.29. The first-order valence-corrected chi connectivity index (χ1v) is 5.34. The van der Waals surface area contributed by atoms with E-state index < -0.39 is 0 Å². The summed E-state index contributed by atoms with van der Waals surface area (Å²) < 4.78 is 0. The minimum atomic E-state index is 0.306. The zero-order valence-electron chi connectivity index (χ0n) is 9.25. The Morgan fingerprint density at radius 1 is 1.21 bits per heavy atom. The van der Waals surface area contributed by atoms with E-state index in [1.54, 1.807) is 0 Å². The molecule has 2 rings (SSSR count). The molecule has 0 saturated heterocycles. The van der Waals surface area contributed by atoms with Crippen LogP contribution in [0.3, 0.4) is 0 Å². The zero-order chi connectivity index (χ0) is 10.3. The largest absolute Gasteiger partial charge is 0.330 e. The topological polar surface area (TPSA) is 26.0 Å². The molecule has 0 aromatic heterocycles. The standard InChI is InChI=1S/C13H19N/c1-13(2,3)12-10-6-4-5-9(7-10)11(12)8-14/h4-7,11-12H,8,14H2,1-3H3. The van der Waals surface area contributed by atoms with Crippen molar-refractivity contribution in [2.75, 3.05) is 6.54 Å². The van der Waals surface area contributed by atoms with E-state index in [2.05, 4.69) is 45.0 Å². The van der Waals surface area contributed by atoms with Crippen LogP contribution in [0.1, 0.15) is 43.7 Å². The molecule has 2 bridgehead atoms. The molecular formula is C13H19N. The van der Waals surface area contributed by atoms with E-state index in [1.807, 2.05) is 0 Å². The maximum Gasteiger partial charge on any atom is 0.00351 e. The predicted octanol–water partition coefficient (Wildman–Crippen LogP) is 2.87. The Kier molecular flexibility index (Phi) is 2.15. The quantitative estimate of drug-likeness (QED) is 0.722. The molecule has 1 aromatic carbocycles. The Bertz CT molecular complexity index is 335. The fourth-order valence-corrected chi connectivity index (χ4v) is 2.78. The van der Waals surface area contributed by atoms with Crippen molar-refractivity contribution >= 4 is 0 Å². The third kappa shape index (κ3) is 1.36. The third-order valence-electron chi connectivity index (χ3n) is 3.29. The summed E-state index contributed by atoms with van der Waals surface area (Å²) in [6, 6.07) is 8.90. The van der Waals surface area contributed by atoms with Gasteiger partial charge < -0.3 is 5.73 Å². The van der Waals surface area contributed by atoms with Crippen LogP contribution < -0.4 is 5.73 Å². The Labute approximate surface area is 86.3 Å². The number of benzene rings is 1. The molecule has 1 aliphatic carbocycles. The highest BCUT2D eigenvalue weighted by molar-refractivity contribution is 5.40. The van der Waals surface area contributed by atoms with Crippen molar-refractivity contribution in [3.63, 3.8) is 0 Å². The zero-order valence-corrected chi connectivity index (χ0v) is 9.25. The Morgan fingerprint density at radius 3 is 2.43 bits per heavy atom. The SMILES string of the molecule is CC(C)(C)C1c2cccc(c2)C1CN. The lowest BCUT2D eigenvalue weighted by Gasteiger charge is -2.32. The van der Waals surface area contributed by atoms with Crippen LogP contribution in [-0.4, -0.2) is 6.54 Å². The summed E-state index contributed by atoms with van der Waals surface area (Å²) in [4.78, 5) is 0. The van der Waals surface area contributed by atoms with Gasteiger partial charge in [-0.3, -0.25) is 0 Å². The van der Waals surface area contributed by atoms with Crippen molar-refractivity contribution in [1.29, 1.82) is 0 Å². The van der Waals surface area contributed by atoms with Crippen LogP contribution in [0, 0.1) is 5.41 Å². The van der Waals surface area contributed by atoms with Gasteiger partial charge in [0.05, 0.1) is 0 Å². The summed E-state index contributed by atoms with van der Waals surface area (Å²) in [5, 5.41) is 0. The smallest absolute Gasteiger partial charge is 0.00351 e. The van der Waals surface area contributed by atoms with Crippen molar-refractivity contribution in [3.8, 4) is 0 Å². The number of hydrogen-bond donors (Lipinski definition) is 1. The normalized spacial score (nSPS) is 25.4. The molecule has 2 unspecified atom stereocenters. The molecule has 0 spiro atoms. The van der Waals surface area contributed by atoms with E-state index >= 15 is 0 Å². The summed E-state index contributed by atoms with van der Waals surface area (Å²) in [5.41, 5.74) is 9.07. The molecule has 1 heteroatoms. The van der Waals surface area contributed by atoms with Crippen molar-refractivity contribution in [2.24, 2.45) is 11.1 Å². The molecule has 0 saturated carbocycles. The summed E-state index contributed by atoms with van der Waals surface area (Å²) in [6.07, 6.45) is 0. The van der Waals surface area contributed by atoms with E-state index in [0.29, 0.717) is 17.3 Å². The monoisotopic (exact) mass is 189 g/mol. The highest BCUT2D eigenvalue weighted by Gasteiger charge is 2.37. The van der Waals surface area contributed by atoms with Crippen molar-refractivity contribution < 1.29 is 0 Å². The predicted molar refractivity (Wildman–Crippen MR) is 60.4 cm³/mol. The van der Waals surface area contributed by atoms with Gasteiger partial charge in [0.2, 0.25) is 0 Å². The van der Waals surface area contributed by atoms with Crippen LogP contribution in [0.2, 0.25) is 0 Å². The molecule has 1 nitrogen and oxygen atoms in total. The van der Waals surface area contributed by atoms with E-state index in [1.165, 1.54) is 11.1 Å². The van der Waals surface area contributed by atoms with Crippen LogP contribution in [0.4, 0.5) is 0 Å². The molecule has 0 aliphatic heterocycles. The molecule has 1 aromatic rings. The lowest BCUT2D eigenvalue weighted by Crippen LogP contribution is -2.26. The average molecular weight is 189 g/mol. The molecule has 0 fully saturated rings. The average Bonchev–Trinajstić information content (AvgIpc) is 2.36. The van der Waals surface area contributed by atoms with Gasteiger partial charge in [0.25, 0.3) is 0 Å². The second-order valence-corrected chi connectivity index (χ2v) is 5.36. The Hall–Kier alpha value is -0.820. The molecule has 76 valence electrons. The van der Waals surface area contributed by atoms with Gasteiger partial charge in [-0.2, -0.15) is 0 Å². The minimum Gasteiger partial charge on any atom is -0.330 e. The molecule has 14 heavy (non-hydrogen) atoms. The van der Waals surface area contributed by atoms with Crippen LogP contribution in [0.5, 0.6) is 0 Å². The van der Waals surface area contributed by atoms with Crippen molar-refractivity contribution in [1.82, 2.24) is 0 Å². The summed E-state index contributed by atoms with van der Waals surface area (Å²) in [5.74, 6) is 1.12. The van der Waals surface area contributed by atoms with Gasteiger partial charge in [-0.15, -0.1) is 0 Å². The first-order chi connectivity index (χ1) is 6.54. The van der Waals surface area contributed by atoms with Crippen LogP contribution in [-0.2, 0) is 0 Å². The van der Waals surface area contributed by atoms with Gasteiger partial charge in [-0.25, -0.2) is 0 Å². The van der Waals surface area contributed by atoms with Gasteiger partial charge in [-0.1, -0.05) is 45.0 Å². The van der Waals surface area contributed by atoms with Gasteiger partial charge in [0.15, 0.2) is 0 Å². The van der Waals surface area contributed by atoms with E-state index in [9.17, 15) is 0 Å². The summed E-state index contributed by atoms with van der Waals surface area (Å²) in [6.45, 7) is 7.66.